The normalized spacial score (nSPS) is 10.8. The molecule has 0 spiro atoms. The molecule has 0 saturated heterocycles. The van der Waals surface area contributed by atoms with Crippen LogP contribution < -0.4 is 19.6 Å². The largest absolute Gasteiger partial charge is 0.463 e. The zero-order valence-electron chi connectivity index (χ0n) is 23.2. The van der Waals surface area contributed by atoms with Crippen molar-refractivity contribution in [2.75, 3.05) is 0 Å². The number of hydrogen-bond donors (Lipinski definition) is 0. The Morgan fingerprint density at radius 3 is 1.71 bits per heavy atom. The van der Waals surface area contributed by atoms with Gasteiger partial charge < -0.3 is 18.6 Å². The van der Waals surface area contributed by atoms with E-state index in [1.807, 2.05) is 0 Å². The summed E-state index contributed by atoms with van der Waals surface area (Å²) in [6, 6.07) is 9.14. The van der Waals surface area contributed by atoms with Gasteiger partial charge in [-0.25, -0.2) is 0 Å². The first-order valence-corrected chi connectivity index (χ1v) is 12.7. The Labute approximate surface area is 222 Å². The molecule has 0 radical (unpaired) electrons. The lowest BCUT2D eigenvalue weighted by Crippen LogP contribution is -2.18. The number of carbonyl (C=O) groups excluding carboxylic acids is 3. The van der Waals surface area contributed by atoms with Gasteiger partial charge in [-0.15, -0.1) is 0 Å². The second kappa shape index (κ2) is 13.6. The minimum Gasteiger partial charge on any atom is -0.463 e. The highest BCUT2D eigenvalue weighted by Gasteiger charge is 2.21. The first-order valence-electron chi connectivity index (χ1n) is 12.7. The van der Waals surface area contributed by atoms with E-state index in [9.17, 15) is 19.2 Å². The van der Waals surface area contributed by atoms with Gasteiger partial charge in [0, 0.05) is 12.1 Å². The third-order valence-corrected chi connectivity index (χ3v) is 5.04. The quantitative estimate of drug-likeness (QED) is 0.252. The van der Waals surface area contributed by atoms with Gasteiger partial charge in [-0.2, -0.15) is 0 Å². The number of hydrogen-bond acceptors (Lipinski definition) is 8. The highest BCUT2D eigenvalue weighted by molar-refractivity contribution is 5.91. The van der Waals surface area contributed by atoms with Crippen molar-refractivity contribution in [1.82, 2.24) is 0 Å². The standard InChI is InChI=1S/C27H28O8.C3H8/c1-14(2)25(29)33-18-9-7-17(8-10-18)20-13-32-21-11-19(34-26(30)15(3)4)12-22(23(21)24(20)28)35-27(31)16(5)6;1-3-2/h7-16H,1-6H3;3H2,1-2H3. The maximum Gasteiger partial charge on any atom is 0.313 e. The van der Waals surface area contributed by atoms with Gasteiger partial charge in [-0.3, -0.25) is 19.2 Å². The van der Waals surface area contributed by atoms with E-state index < -0.39 is 23.3 Å². The molecule has 0 N–H and O–H groups in total. The Morgan fingerprint density at radius 1 is 0.737 bits per heavy atom. The topological polar surface area (TPSA) is 109 Å². The summed E-state index contributed by atoms with van der Waals surface area (Å²) in [6.07, 6.45) is 2.53. The van der Waals surface area contributed by atoms with Crippen molar-refractivity contribution in [3.63, 3.8) is 0 Å². The van der Waals surface area contributed by atoms with E-state index in [2.05, 4.69) is 13.8 Å². The summed E-state index contributed by atoms with van der Waals surface area (Å²) >= 11 is 0. The predicted molar refractivity (Wildman–Crippen MR) is 145 cm³/mol. The molecule has 0 saturated carbocycles. The van der Waals surface area contributed by atoms with E-state index >= 15 is 0 Å². The fourth-order valence-corrected chi connectivity index (χ4v) is 2.93. The lowest BCUT2D eigenvalue weighted by atomic mass is 10.0. The molecule has 0 atom stereocenters. The first kappa shape index (κ1) is 30.3. The molecule has 0 aliphatic rings. The monoisotopic (exact) mass is 524 g/mol. The van der Waals surface area contributed by atoms with Gasteiger partial charge >= 0.3 is 17.9 Å². The fraction of sp³-hybridized carbons (Fsp3) is 0.400. The second-order valence-corrected chi connectivity index (χ2v) is 9.73. The van der Waals surface area contributed by atoms with Gasteiger partial charge in [0.05, 0.1) is 23.3 Å². The van der Waals surface area contributed by atoms with E-state index in [1.54, 1.807) is 65.8 Å². The Kier molecular flexibility index (Phi) is 10.8. The van der Waals surface area contributed by atoms with Crippen LogP contribution in [-0.4, -0.2) is 17.9 Å². The molecule has 8 heteroatoms. The summed E-state index contributed by atoms with van der Waals surface area (Å²) in [7, 11) is 0. The third-order valence-electron chi connectivity index (χ3n) is 5.04. The van der Waals surface area contributed by atoms with E-state index in [4.69, 9.17) is 18.6 Å². The summed E-state index contributed by atoms with van der Waals surface area (Å²) in [4.78, 5) is 49.7. The van der Waals surface area contributed by atoms with Crippen LogP contribution in [-0.2, 0) is 14.4 Å². The fourth-order valence-electron chi connectivity index (χ4n) is 2.93. The highest BCUT2D eigenvalue weighted by Crippen LogP contribution is 2.32. The highest BCUT2D eigenvalue weighted by atomic mass is 16.5. The molecule has 0 aliphatic carbocycles. The molecule has 3 rings (SSSR count). The third kappa shape index (κ3) is 7.78. The molecular formula is C30H36O8. The van der Waals surface area contributed by atoms with Gasteiger partial charge in [-0.1, -0.05) is 73.9 Å². The van der Waals surface area contributed by atoms with Crippen LogP contribution >= 0.6 is 0 Å². The Balaban J connectivity index is 0.00000161. The van der Waals surface area contributed by atoms with Gasteiger partial charge in [0.15, 0.2) is 0 Å². The van der Waals surface area contributed by atoms with Crippen molar-refractivity contribution in [2.45, 2.75) is 61.8 Å². The maximum atomic E-state index is 13.5. The second-order valence-electron chi connectivity index (χ2n) is 9.73. The first-order chi connectivity index (χ1) is 17.9. The number of rotatable bonds is 7. The molecule has 3 aromatic rings. The van der Waals surface area contributed by atoms with E-state index in [1.165, 1.54) is 24.8 Å². The van der Waals surface area contributed by atoms with Crippen LogP contribution in [0.2, 0.25) is 0 Å². The average molecular weight is 525 g/mol. The minimum atomic E-state index is -0.556. The van der Waals surface area contributed by atoms with Crippen molar-refractivity contribution in [3.8, 4) is 28.4 Å². The molecule has 1 heterocycles. The predicted octanol–water partition coefficient (Wildman–Crippen LogP) is 6.56. The van der Waals surface area contributed by atoms with Crippen molar-refractivity contribution >= 4 is 28.9 Å². The van der Waals surface area contributed by atoms with E-state index in [0.29, 0.717) is 11.3 Å². The summed E-state index contributed by atoms with van der Waals surface area (Å²) in [6.45, 7) is 14.4. The molecule has 204 valence electrons. The molecule has 0 bridgehead atoms. The number of carbonyl (C=O) groups is 3. The van der Waals surface area contributed by atoms with Crippen molar-refractivity contribution in [1.29, 1.82) is 0 Å². The van der Waals surface area contributed by atoms with Gasteiger partial charge in [0.1, 0.15) is 34.5 Å². The summed E-state index contributed by atoms with van der Waals surface area (Å²) in [5.41, 5.74) is 0.391. The zero-order chi connectivity index (χ0) is 28.6. The molecule has 0 unspecified atom stereocenters. The van der Waals surface area contributed by atoms with Gasteiger partial charge in [-0.05, 0) is 17.7 Å². The number of benzene rings is 2. The SMILES string of the molecule is CC(C)C(=O)Oc1ccc(-c2coc3cc(OC(=O)C(C)C)cc(OC(=O)C(C)C)c3c2=O)cc1.CCC. The van der Waals surface area contributed by atoms with E-state index in [-0.39, 0.29) is 45.8 Å². The lowest BCUT2D eigenvalue weighted by Gasteiger charge is -2.13. The molecule has 0 aliphatic heterocycles. The van der Waals surface area contributed by atoms with E-state index in [0.717, 1.165) is 0 Å². The Bertz CT molecular complexity index is 1330. The van der Waals surface area contributed by atoms with Crippen LogP contribution in [0.1, 0.15) is 61.8 Å². The Hall–Kier alpha value is -3.94. The minimum absolute atomic E-state index is 0.0381. The van der Waals surface area contributed by atoms with Crippen molar-refractivity contribution < 1.29 is 33.0 Å². The molecular weight excluding hydrogens is 488 g/mol. The van der Waals surface area contributed by atoms with Crippen LogP contribution in [0.15, 0.2) is 51.9 Å². The number of fused-ring (bicyclic) bond motifs is 1. The lowest BCUT2D eigenvalue weighted by molar-refractivity contribution is -0.138. The van der Waals surface area contributed by atoms with Gasteiger partial charge in [0.2, 0.25) is 5.43 Å². The molecule has 8 nitrogen and oxygen atoms in total. The molecule has 1 aromatic heterocycles. The van der Waals surface area contributed by atoms with Crippen molar-refractivity contribution in [3.05, 3.63) is 52.9 Å². The van der Waals surface area contributed by atoms with Crippen LogP contribution in [0, 0.1) is 17.8 Å². The number of ether oxygens (including phenoxy) is 3. The molecule has 38 heavy (non-hydrogen) atoms. The van der Waals surface area contributed by atoms with Crippen LogP contribution in [0.3, 0.4) is 0 Å². The summed E-state index contributed by atoms with van der Waals surface area (Å²) in [5, 5.41) is 0.0381. The molecule has 0 fully saturated rings. The maximum absolute atomic E-state index is 13.5. The average Bonchev–Trinajstić information content (AvgIpc) is 2.85. The van der Waals surface area contributed by atoms with Crippen LogP contribution in [0.4, 0.5) is 0 Å². The summed E-state index contributed by atoms with van der Waals surface area (Å²) in [5.74, 6) is -2.15. The zero-order valence-corrected chi connectivity index (χ0v) is 23.2. The summed E-state index contributed by atoms with van der Waals surface area (Å²) < 4.78 is 21.8. The van der Waals surface area contributed by atoms with Crippen LogP contribution in [0.25, 0.3) is 22.1 Å². The smallest absolute Gasteiger partial charge is 0.313 e. The van der Waals surface area contributed by atoms with Crippen molar-refractivity contribution in [2.24, 2.45) is 17.8 Å². The van der Waals surface area contributed by atoms with Crippen LogP contribution in [0.5, 0.6) is 17.2 Å². The molecule has 2 aromatic carbocycles. The Morgan fingerprint density at radius 2 is 1.21 bits per heavy atom. The molecule has 0 amide bonds. The van der Waals surface area contributed by atoms with Gasteiger partial charge in [0.25, 0.3) is 0 Å². The number of esters is 3.